The number of nitrogens with two attached hydrogens (primary N) is 1. The number of rotatable bonds is 11. The molecule has 0 aromatic heterocycles. The van der Waals surface area contributed by atoms with Crippen molar-refractivity contribution in [2.24, 2.45) is 17.6 Å². The maximum absolute atomic E-state index is 13.4. The van der Waals surface area contributed by atoms with Crippen molar-refractivity contribution < 1.29 is 40.6 Å². The van der Waals surface area contributed by atoms with Crippen molar-refractivity contribution in [3.8, 4) is 0 Å². The Morgan fingerprint density at radius 2 is 2.14 bits per heavy atom. The second kappa shape index (κ2) is 13.1. The first-order chi connectivity index (χ1) is 13.5. The number of aliphatic hydroxyl groups excluding tert-OH is 1. The van der Waals surface area contributed by atoms with Gasteiger partial charge in [-0.05, 0) is 24.0 Å². The normalized spacial score (nSPS) is 21.3. The first kappa shape index (κ1) is 25.7. The molecule has 7 heteroatoms. The van der Waals surface area contributed by atoms with E-state index in [1.54, 1.807) is 24.3 Å². The molecule has 2 rings (SSSR count). The van der Waals surface area contributed by atoms with Gasteiger partial charge in [0.15, 0.2) is 5.78 Å². The van der Waals surface area contributed by atoms with Crippen molar-refractivity contribution in [1.29, 1.82) is 0 Å². The third-order valence-electron chi connectivity index (χ3n) is 5.25. The van der Waals surface area contributed by atoms with E-state index in [1.807, 2.05) is 0 Å². The zero-order valence-electron chi connectivity index (χ0n) is 17.0. The van der Waals surface area contributed by atoms with Gasteiger partial charge in [0, 0.05) is 52.6 Å². The fraction of sp³-hybridized carbons (Fsp3) is 0.545. The van der Waals surface area contributed by atoms with E-state index in [4.69, 9.17) is 10.6 Å². The molecule has 3 N–H and O–H groups in total. The van der Waals surface area contributed by atoms with E-state index < -0.39 is 12.0 Å². The Morgan fingerprint density at radius 1 is 1.38 bits per heavy atom. The van der Waals surface area contributed by atoms with Crippen LogP contribution in [0.25, 0.3) is 5.48 Å². The zero-order chi connectivity index (χ0) is 20.5. The molecular weight excluding hydrogens is 540 g/mol. The van der Waals surface area contributed by atoms with Crippen LogP contribution in [0, 0.1) is 11.8 Å². The molecule has 0 radical (unpaired) electrons. The van der Waals surface area contributed by atoms with Gasteiger partial charge in [-0.1, -0.05) is 44.4 Å². The summed E-state index contributed by atoms with van der Waals surface area (Å²) >= 11 is 0. The molecule has 0 bridgehead atoms. The van der Waals surface area contributed by atoms with Gasteiger partial charge in [-0.15, -0.1) is 12.3 Å². The summed E-state index contributed by atoms with van der Waals surface area (Å²) in [6.07, 6.45) is 4.76. The van der Waals surface area contributed by atoms with Crippen molar-refractivity contribution >= 4 is 17.3 Å². The third kappa shape index (κ3) is 7.14. The molecule has 0 aliphatic heterocycles. The van der Waals surface area contributed by atoms with Gasteiger partial charge in [0.05, 0.1) is 12.0 Å². The van der Waals surface area contributed by atoms with Gasteiger partial charge in [0.25, 0.3) is 0 Å². The molecule has 0 amide bonds. The monoisotopic (exact) mass is 571 g/mol. The Morgan fingerprint density at radius 3 is 2.79 bits per heavy atom. The summed E-state index contributed by atoms with van der Waals surface area (Å²) in [6, 6.07) is 5.21. The molecule has 0 spiro atoms. The Labute approximate surface area is 187 Å². The first-order valence-corrected chi connectivity index (χ1v) is 10.0. The average molecular weight is 571 g/mol. The molecule has 3 unspecified atom stereocenters. The van der Waals surface area contributed by atoms with Crippen LogP contribution in [0.5, 0.6) is 0 Å². The molecule has 160 valence electrons. The van der Waals surface area contributed by atoms with Gasteiger partial charge in [-0.2, -0.15) is 0 Å². The van der Waals surface area contributed by atoms with Crippen molar-refractivity contribution in [3.63, 3.8) is 0 Å². The summed E-state index contributed by atoms with van der Waals surface area (Å²) in [6.45, 7) is 6.21. The second-order valence-electron chi connectivity index (χ2n) is 7.39. The number of benzene rings is 1. The van der Waals surface area contributed by atoms with E-state index in [9.17, 15) is 14.7 Å². The summed E-state index contributed by atoms with van der Waals surface area (Å²) in [5.41, 5.74) is 11.4. The molecule has 0 saturated heterocycles. The summed E-state index contributed by atoms with van der Waals surface area (Å²) < 4.78 is 0. The number of Topliss-reactive ketones (excluding diaryl/α,β-unsaturated/α-hetero) is 2. The first-order valence-electron chi connectivity index (χ1n) is 10.0. The van der Waals surface area contributed by atoms with Crippen LogP contribution in [0.15, 0.2) is 30.9 Å². The topological polar surface area (TPSA) is 104 Å². The number of hydrogen-bond acceptors (Lipinski definition) is 5. The van der Waals surface area contributed by atoms with Crippen molar-refractivity contribution in [3.05, 3.63) is 47.5 Å². The third-order valence-corrected chi connectivity index (χ3v) is 5.25. The van der Waals surface area contributed by atoms with E-state index >= 15 is 0 Å². The standard InChI is InChI=1S/C22H32N2O4.W/c1-3-5-6-7-16-12-17(25)13-20(26)21(16)22(27)18-11-15(14-23)8-9-19(18)24-28-10-4-2;/h4,8-9,11,16,20-21,26H,2-3,5-7,10,12-14,23H2,1H3,(H,24,27);/p-1. The maximum Gasteiger partial charge on any atom is 0.167 e. The van der Waals surface area contributed by atoms with E-state index in [2.05, 4.69) is 19.0 Å². The van der Waals surface area contributed by atoms with Crippen LogP contribution in [0.4, 0.5) is 5.69 Å². The molecule has 1 aromatic rings. The van der Waals surface area contributed by atoms with Crippen LogP contribution in [-0.4, -0.2) is 29.4 Å². The summed E-state index contributed by atoms with van der Waals surface area (Å²) in [4.78, 5) is 30.6. The minimum Gasteiger partial charge on any atom is -0.561 e. The van der Waals surface area contributed by atoms with Gasteiger partial charge in [0.2, 0.25) is 0 Å². The fourth-order valence-corrected chi connectivity index (χ4v) is 3.83. The van der Waals surface area contributed by atoms with E-state index in [0.29, 0.717) is 24.2 Å². The van der Waals surface area contributed by atoms with E-state index in [-0.39, 0.29) is 51.6 Å². The average Bonchev–Trinajstić information content (AvgIpc) is 2.67. The Kier molecular flexibility index (Phi) is 11.6. The Hall–Kier alpha value is -1.33. The van der Waals surface area contributed by atoms with Crippen molar-refractivity contribution in [1.82, 2.24) is 0 Å². The van der Waals surface area contributed by atoms with Crippen LogP contribution in [0.3, 0.4) is 0 Å². The van der Waals surface area contributed by atoms with Crippen LogP contribution in [-0.2, 0) is 37.2 Å². The molecule has 29 heavy (non-hydrogen) atoms. The zero-order valence-corrected chi connectivity index (χ0v) is 19.9. The SMILES string of the molecule is C=CCO[N-]c1ccc(CN)cc1C(=O)C1C(O)CC(=O)CC1CCCCC.[W]. The molecule has 1 aliphatic rings. The Balaban J connectivity index is 0.00000420. The molecule has 0 heterocycles. The van der Waals surface area contributed by atoms with Crippen LogP contribution in [0.1, 0.15) is 61.4 Å². The molecule has 1 aliphatic carbocycles. The molecule has 1 aromatic carbocycles. The minimum atomic E-state index is -0.969. The van der Waals surface area contributed by atoms with E-state index in [1.165, 1.54) is 0 Å². The van der Waals surface area contributed by atoms with Crippen molar-refractivity contribution in [2.75, 3.05) is 6.61 Å². The van der Waals surface area contributed by atoms with Gasteiger partial charge in [-0.25, -0.2) is 0 Å². The second-order valence-corrected chi connectivity index (χ2v) is 7.39. The summed E-state index contributed by atoms with van der Waals surface area (Å²) in [7, 11) is 0. The number of hydrogen-bond donors (Lipinski definition) is 2. The maximum atomic E-state index is 13.4. The van der Waals surface area contributed by atoms with Gasteiger partial charge in [0.1, 0.15) is 5.78 Å². The number of unbranched alkanes of at least 4 members (excludes halogenated alkanes) is 2. The smallest absolute Gasteiger partial charge is 0.167 e. The molecule has 3 atom stereocenters. The van der Waals surface area contributed by atoms with Gasteiger partial charge >= 0.3 is 0 Å². The molecule has 6 nitrogen and oxygen atoms in total. The number of aliphatic hydroxyl groups is 1. The van der Waals surface area contributed by atoms with Gasteiger partial charge in [-0.3, -0.25) is 9.59 Å². The van der Waals surface area contributed by atoms with Gasteiger partial charge < -0.3 is 21.2 Å². The predicted octanol–water partition coefficient (Wildman–Crippen LogP) is 3.98. The predicted molar refractivity (Wildman–Crippen MR) is 109 cm³/mol. The number of nitrogens with zero attached hydrogens (tertiary/aromatic N) is 1. The van der Waals surface area contributed by atoms with E-state index in [0.717, 1.165) is 31.2 Å². The van der Waals surface area contributed by atoms with Crippen molar-refractivity contribution in [2.45, 2.75) is 58.1 Å². The summed E-state index contributed by atoms with van der Waals surface area (Å²) in [5.74, 6) is -0.944. The fourth-order valence-electron chi connectivity index (χ4n) is 3.83. The Bertz CT molecular complexity index is 695. The van der Waals surface area contributed by atoms with Crippen LogP contribution >= 0.6 is 0 Å². The summed E-state index contributed by atoms with van der Waals surface area (Å²) in [5, 5.41) is 10.6. The minimum absolute atomic E-state index is 0. The number of carbonyl (C=O) groups is 2. The van der Waals surface area contributed by atoms with Crippen LogP contribution < -0.4 is 5.73 Å². The molecular formula is C22H31N2O4W-. The van der Waals surface area contributed by atoms with Crippen LogP contribution in [0.2, 0.25) is 0 Å². The quantitative estimate of drug-likeness (QED) is 0.181. The largest absolute Gasteiger partial charge is 0.561 e. The molecule has 1 saturated carbocycles. The number of ketones is 2. The molecule has 1 fully saturated rings. The number of carbonyl (C=O) groups excluding carboxylic acids is 2.